The predicted octanol–water partition coefficient (Wildman–Crippen LogP) is 0.860. The third-order valence-corrected chi connectivity index (χ3v) is 3.50. The van der Waals surface area contributed by atoms with E-state index in [1.165, 1.54) is 0 Å². The van der Waals surface area contributed by atoms with Crippen LogP contribution in [0.2, 0.25) is 0 Å². The Hall–Kier alpha value is -1.88. The molecule has 2 aromatic heterocycles. The molecule has 1 fully saturated rings. The third kappa shape index (κ3) is 2.61. The molecule has 1 saturated heterocycles. The number of amides is 1. The van der Waals surface area contributed by atoms with Gasteiger partial charge < -0.3 is 14.4 Å². The van der Waals surface area contributed by atoms with E-state index in [0.717, 1.165) is 30.7 Å². The number of aliphatic hydroxyl groups excluding tert-OH is 1. The molecule has 1 atom stereocenters. The number of carbonyl (C=O) groups is 1. The summed E-state index contributed by atoms with van der Waals surface area (Å²) in [6.07, 6.45) is 5.39. The average molecular weight is 259 g/mol. The van der Waals surface area contributed by atoms with E-state index in [2.05, 4.69) is 4.98 Å². The summed E-state index contributed by atoms with van der Waals surface area (Å²) in [5.74, 6) is 0.0437. The van der Waals surface area contributed by atoms with Crippen LogP contribution >= 0.6 is 0 Å². The van der Waals surface area contributed by atoms with Crippen LogP contribution in [0.25, 0.3) is 5.65 Å². The molecule has 0 aliphatic carbocycles. The molecule has 100 valence electrons. The first-order valence-corrected chi connectivity index (χ1v) is 6.61. The SMILES string of the molecule is O=C(Cc1cn2ccccc2n1)N1CCC[C@H](O)C1. The summed E-state index contributed by atoms with van der Waals surface area (Å²) < 4.78 is 1.91. The number of aliphatic hydroxyl groups is 1. The number of fused-ring (bicyclic) bond motifs is 1. The van der Waals surface area contributed by atoms with Crippen LogP contribution in [0.3, 0.4) is 0 Å². The van der Waals surface area contributed by atoms with E-state index < -0.39 is 0 Å². The summed E-state index contributed by atoms with van der Waals surface area (Å²) in [6.45, 7) is 1.19. The molecule has 2 aromatic rings. The molecule has 3 rings (SSSR count). The van der Waals surface area contributed by atoms with Crippen molar-refractivity contribution in [3.8, 4) is 0 Å². The summed E-state index contributed by atoms with van der Waals surface area (Å²) in [5.41, 5.74) is 1.63. The van der Waals surface area contributed by atoms with Gasteiger partial charge in [-0.05, 0) is 25.0 Å². The number of imidazole rings is 1. The van der Waals surface area contributed by atoms with Gasteiger partial charge >= 0.3 is 0 Å². The summed E-state index contributed by atoms with van der Waals surface area (Å²) in [7, 11) is 0. The first kappa shape index (κ1) is 12.2. The lowest BCUT2D eigenvalue weighted by Crippen LogP contribution is -2.42. The van der Waals surface area contributed by atoms with Gasteiger partial charge in [-0.2, -0.15) is 0 Å². The Kier molecular flexibility index (Phi) is 3.21. The highest BCUT2D eigenvalue weighted by molar-refractivity contribution is 5.78. The molecule has 0 unspecified atom stereocenters. The zero-order chi connectivity index (χ0) is 13.2. The van der Waals surface area contributed by atoms with Gasteiger partial charge in [0.15, 0.2) is 0 Å². The van der Waals surface area contributed by atoms with Gasteiger partial charge in [0.25, 0.3) is 0 Å². The van der Waals surface area contributed by atoms with Gasteiger partial charge in [0, 0.05) is 25.5 Å². The molecule has 5 nitrogen and oxygen atoms in total. The van der Waals surface area contributed by atoms with Gasteiger partial charge in [0.05, 0.1) is 18.2 Å². The second kappa shape index (κ2) is 5.01. The van der Waals surface area contributed by atoms with Crippen LogP contribution in [0.15, 0.2) is 30.6 Å². The second-order valence-electron chi connectivity index (χ2n) is 5.01. The highest BCUT2D eigenvalue weighted by Gasteiger charge is 2.22. The molecule has 19 heavy (non-hydrogen) atoms. The normalized spacial score (nSPS) is 19.8. The lowest BCUT2D eigenvalue weighted by molar-refractivity contribution is -0.133. The number of rotatable bonds is 2. The third-order valence-electron chi connectivity index (χ3n) is 3.50. The number of nitrogens with zero attached hydrogens (tertiary/aromatic N) is 3. The van der Waals surface area contributed by atoms with Crippen molar-refractivity contribution in [2.75, 3.05) is 13.1 Å². The van der Waals surface area contributed by atoms with Crippen LogP contribution in [-0.2, 0) is 11.2 Å². The Balaban J connectivity index is 1.71. The molecule has 1 N–H and O–H groups in total. The summed E-state index contributed by atoms with van der Waals surface area (Å²) in [5, 5.41) is 9.60. The van der Waals surface area contributed by atoms with Gasteiger partial charge in [-0.25, -0.2) is 4.98 Å². The van der Waals surface area contributed by atoms with Gasteiger partial charge in [-0.15, -0.1) is 0 Å². The van der Waals surface area contributed by atoms with E-state index in [-0.39, 0.29) is 12.0 Å². The minimum Gasteiger partial charge on any atom is -0.391 e. The minimum atomic E-state index is -0.376. The van der Waals surface area contributed by atoms with Gasteiger partial charge in [0.1, 0.15) is 5.65 Å². The monoisotopic (exact) mass is 259 g/mol. The Bertz CT molecular complexity index is 560. The molecular formula is C14H17N3O2. The number of β-amino-alcohol motifs (C(OH)–C–C–N with tert-alkyl or cyclic N) is 1. The Labute approximate surface area is 111 Å². The second-order valence-corrected chi connectivity index (χ2v) is 5.01. The molecule has 0 saturated carbocycles. The number of pyridine rings is 1. The molecule has 0 radical (unpaired) electrons. The number of aromatic nitrogens is 2. The summed E-state index contributed by atoms with van der Waals surface area (Å²) in [4.78, 5) is 18.3. The Morgan fingerprint density at radius 3 is 3.16 bits per heavy atom. The lowest BCUT2D eigenvalue weighted by atomic mass is 10.1. The first-order chi connectivity index (χ1) is 9.22. The Morgan fingerprint density at radius 1 is 1.47 bits per heavy atom. The number of hydrogen-bond donors (Lipinski definition) is 1. The maximum Gasteiger partial charge on any atom is 0.228 e. The van der Waals surface area contributed by atoms with Crippen molar-refractivity contribution in [2.45, 2.75) is 25.4 Å². The molecular weight excluding hydrogens is 242 g/mol. The van der Waals surface area contributed by atoms with E-state index in [1.807, 2.05) is 35.0 Å². The van der Waals surface area contributed by atoms with Crippen LogP contribution in [0.4, 0.5) is 0 Å². The molecule has 0 spiro atoms. The fraction of sp³-hybridized carbons (Fsp3) is 0.429. The van der Waals surface area contributed by atoms with Crippen molar-refractivity contribution in [3.63, 3.8) is 0 Å². The van der Waals surface area contributed by atoms with E-state index in [0.29, 0.717) is 13.0 Å². The predicted molar refractivity (Wildman–Crippen MR) is 70.7 cm³/mol. The highest BCUT2D eigenvalue weighted by atomic mass is 16.3. The molecule has 1 aliphatic rings. The van der Waals surface area contributed by atoms with Crippen LogP contribution in [0.5, 0.6) is 0 Å². The number of hydrogen-bond acceptors (Lipinski definition) is 3. The standard InChI is InChI=1S/C14H17N3O2/c18-12-4-3-7-17(10-12)14(19)8-11-9-16-6-2-1-5-13(16)15-11/h1-2,5-6,9,12,18H,3-4,7-8,10H2/t12-/m0/s1. The topological polar surface area (TPSA) is 57.8 Å². The van der Waals surface area contributed by atoms with Crippen LogP contribution in [0, 0.1) is 0 Å². The molecule has 0 bridgehead atoms. The fourth-order valence-electron chi connectivity index (χ4n) is 2.52. The Morgan fingerprint density at radius 2 is 2.37 bits per heavy atom. The highest BCUT2D eigenvalue weighted by Crippen LogP contribution is 2.12. The maximum atomic E-state index is 12.2. The van der Waals surface area contributed by atoms with Gasteiger partial charge in [-0.1, -0.05) is 6.07 Å². The van der Waals surface area contributed by atoms with Crippen molar-refractivity contribution in [1.29, 1.82) is 0 Å². The van der Waals surface area contributed by atoms with E-state index >= 15 is 0 Å². The zero-order valence-electron chi connectivity index (χ0n) is 10.7. The summed E-state index contributed by atoms with van der Waals surface area (Å²) >= 11 is 0. The molecule has 1 amide bonds. The summed E-state index contributed by atoms with van der Waals surface area (Å²) in [6, 6.07) is 5.77. The number of piperidine rings is 1. The molecule has 3 heterocycles. The van der Waals surface area contributed by atoms with Crippen LogP contribution < -0.4 is 0 Å². The molecule has 5 heteroatoms. The number of likely N-dealkylation sites (tertiary alicyclic amines) is 1. The quantitative estimate of drug-likeness (QED) is 0.870. The van der Waals surface area contributed by atoms with Crippen molar-refractivity contribution < 1.29 is 9.90 Å². The molecule has 1 aliphatic heterocycles. The smallest absolute Gasteiger partial charge is 0.228 e. The van der Waals surface area contributed by atoms with Crippen LogP contribution in [0.1, 0.15) is 18.5 Å². The van der Waals surface area contributed by atoms with Crippen molar-refractivity contribution in [1.82, 2.24) is 14.3 Å². The van der Waals surface area contributed by atoms with E-state index in [1.54, 1.807) is 4.90 Å². The van der Waals surface area contributed by atoms with Crippen molar-refractivity contribution in [2.24, 2.45) is 0 Å². The first-order valence-electron chi connectivity index (χ1n) is 6.61. The van der Waals surface area contributed by atoms with Crippen molar-refractivity contribution >= 4 is 11.6 Å². The zero-order valence-corrected chi connectivity index (χ0v) is 10.7. The average Bonchev–Trinajstić information content (AvgIpc) is 2.80. The van der Waals surface area contributed by atoms with E-state index in [9.17, 15) is 9.90 Å². The van der Waals surface area contributed by atoms with Crippen molar-refractivity contribution in [3.05, 3.63) is 36.3 Å². The molecule has 0 aromatic carbocycles. The fourth-order valence-corrected chi connectivity index (χ4v) is 2.52. The van der Waals surface area contributed by atoms with E-state index in [4.69, 9.17) is 0 Å². The lowest BCUT2D eigenvalue weighted by Gasteiger charge is -2.29. The van der Waals surface area contributed by atoms with Gasteiger partial charge in [0.2, 0.25) is 5.91 Å². The van der Waals surface area contributed by atoms with Crippen LogP contribution in [-0.4, -0.2) is 44.5 Å². The largest absolute Gasteiger partial charge is 0.391 e. The van der Waals surface area contributed by atoms with Gasteiger partial charge in [-0.3, -0.25) is 4.79 Å². The maximum absolute atomic E-state index is 12.2. The number of carbonyl (C=O) groups excluding carboxylic acids is 1. The minimum absolute atomic E-state index is 0.0437.